The molecule has 0 aliphatic rings. The molecule has 0 bridgehead atoms. The third-order valence-corrected chi connectivity index (χ3v) is 4.25. The van der Waals surface area contributed by atoms with Gasteiger partial charge in [-0.2, -0.15) is 0 Å². The first-order chi connectivity index (χ1) is 12.9. The molecule has 0 fully saturated rings. The van der Waals surface area contributed by atoms with E-state index in [2.05, 4.69) is 5.32 Å². The summed E-state index contributed by atoms with van der Waals surface area (Å²) in [6, 6.07) is 14.4. The van der Waals surface area contributed by atoms with E-state index in [9.17, 15) is 14.4 Å². The Hall–Kier alpha value is -2.99. The first kappa shape index (κ1) is 20.3. The van der Waals surface area contributed by atoms with Crippen molar-refractivity contribution in [3.63, 3.8) is 0 Å². The molecule has 6 nitrogen and oxygen atoms in total. The molecule has 0 aromatic heterocycles. The van der Waals surface area contributed by atoms with Gasteiger partial charge in [0.2, 0.25) is 5.91 Å². The molecule has 0 heterocycles. The minimum Gasteiger partial charge on any atom is -0.334 e. The largest absolute Gasteiger partial charge is 0.334 e. The number of carbonyl (C=O) groups is 3. The zero-order chi connectivity index (χ0) is 19.8. The quantitative estimate of drug-likeness (QED) is 0.552. The van der Waals surface area contributed by atoms with Gasteiger partial charge in [0.05, 0.1) is 13.2 Å². The van der Waals surface area contributed by atoms with Crippen molar-refractivity contribution in [2.75, 3.05) is 19.8 Å². The summed E-state index contributed by atoms with van der Waals surface area (Å²) in [5, 5.41) is 2.70. The Morgan fingerprint density at radius 1 is 0.889 bits per heavy atom. The van der Waals surface area contributed by atoms with Gasteiger partial charge in [0, 0.05) is 24.1 Å². The molecule has 27 heavy (non-hydrogen) atoms. The Morgan fingerprint density at radius 2 is 1.41 bits per heavy atom. The van der Waals surface area contributed by atoms with Gasteiger partial charge in [-0.15, -0.1) is 0 Å². The summed E-state index contributed by atoms with van der Waals surface area (Å²) in [7, 11) is 0. The lowest BCUT2D eigenvalue weighted by molar-refractivity contribution is -0.129. The maximum Gasteiger partial charge on any atom is 0.252 e. The third-order valence-electron chi connectivity index (χ3n) is 4.25. The molecule has 0 saturated heterocycles. The SMILES string of the molecule is Cc1ccc(C(=O)CCN(CNC(=O)c2ccc(C)cc2)C(=O)CN)cc1. The number of rotatable bonds is 8. The molecule has 0 saturated carbocycles. The molecule has 2 aromatic rings. The average molecular weight is 367 g/mol. The van der Waals surface area contributed by atoms with Crippen LogP contribution in [0.1, 0.15) is 38.3 Å². The van der Waals surface area contributed by atoms with E-state index in [1.807, 2.05) is 38.1 Å². The molecule has 6 heteroatoms. The van der Waals surface area contributed by atoms with Crippen molar-refractivity contribution < 1.29 is 14.4 Å². The van der Waals surface area contributed by atoms with E-state index in [4.69, 9.17) is 5.73 Å². The van der Waals surface area contributed by atoms with Crippen molar-refractivity contribution in [2.24, 2.45) is 5.73 Å². The lowest BCUT2D eigenvalue weighted by Crippen LogP contribution is -2.44. The van der Waals surface area contributed by atoms with Crippen molar-refractivity contribution in [1.82, 2.24) is 10.2 Å². The molecular weight excluding hydrogens is 342 g/mol. The Kier molecular flexibility index (Phi) is 7.25. The van der Waals surface area contributed by atoms with E-state index >= 15 is 0 Å². The minimum absolute atomic E-state index is 0.00389. The van der Waals surface area contributed by atoms with Crippen LogP contribution in [-0.2, 0) is 4.79 Å². The maximum absolute atomic E-state index is 12.3. The van der Waals surface area contributed by atoms with Crippen LogP contribution in [0.3, 0.4) is 0 Å². The second kappa shape index (κ2) is 9.64. The first-order valence-electron chi connectivity index (χ1n) is 8.83. The van der Waals surface area contributed by atoms with E-state index in [0.29, 0.717) is 11.1 Å². The Labute approximate surface area is 159 Å². The summed E-state index contributed by atoms with van der Waals surface area (Å²) in [5.74, 6) is -0.666. The molecule has 2 rings (SSSR count). The van der Waals surface area contributed by atoms with E-state index in [-0.39, 0.29) is 43.8 Å². The fourth-order valence-corrected chi connectivity index (χ4v) is 2.52. The molecule has 0 spiro atoms. The standard InChI is InChI=1S/C21H25N3O3/c1-15-3-7-17(8-4-15)19(25)11-12-24(20(26)13-22)14-23-21(27)18-9-5-16(2)6-10-18/h3-10H,11-14,22H2,1-2H3,(H,23,27). The molecule has 2 aromatic carbocycles. The van der Waals surface area contributed by atoms with E-state index < -0.39 is 0 Å². The van der Waals surface area contributed by atoms with Crippen LogP contribution in [0.4, 0.5) is 0 Å². The van der Waals surface area contributed by atoms with Crippen molar-refractivity contribution in [2.45, 2.75) is 20.3 Å². The second-order valence-electron chi connectivity index (χ2n) is 6.43. The Bertz CT molecular complexity index is 737. The highest BCUT2D eigenvalue weighted by Gasteiger charge is 2.16. The van der Waals surface area contributed by atoms with Gasteiger partial charge < -0.3 is 16.0 Å². The van der Waals surface area contributed by atoms with Gasteiger partial charge in [-0.25, -0.2) is 0 Å². The average Bonchev–Trinajstić information content (AvgIpc) is 2.68. The molecule has 0 unspecified atom stereocenters. The smallest absolute Gasteiger partial charge is 0.252 e. The van der Waals surface area contributed by atoms with Gasteiger partial charge in [-0.1, -0.05) is 47.5 Å². The molecule has 0 radical (unpaired) electrons. The summed E-state index contributed by atoms with van der Waals surface area (Å²) in [6.45, 7) is 3.90. The summed E-state index contributed by atoms with van der Waals surface area (Å²) in [5.41, 5.74) is 8.70. The van der Waals surface area contributed by atoms with Gasteiger partial charge in [0.25, 0.3) is 5.91 Å². The number of hydrogen-bond acceptors (Lipinski definition) is 4. The van der Waals surface area contributed by atoms with Crippen LogP contribution in [0.5, 0.6) is 0 Å². The first-order valence-corrected chi connectivity index (χ1v) is 8.83. The predicted octanol–water partition coefficient (Wildman–Crippen LogP) is 2.05. The number of nitrogens with one attached hydrogen (secondary N) is 1. The predicted molar refractivity (Wildman–Crippen MR) is 104 cm³/mol. The van der Waals surface area contributed by atoms with Crippen LogP contribution < -0.4 is 11.1 Å². The number of Topliss-reactive ketones (excluding diaryl/α,β-unsaturated/α-hetero) is 1. The van der Waals surface area contributed by atoms with Crippen molar-refractivity contribution >= 4 is 17.6 Å². The normalized spacial score (nSPS) is 10.3. The maximum atomic E-state index is 12.3. The van der Waals surface area contributed by atoms with Gasteiger partial charge in [0.1, 0.15) is 0 Å². The van der Waals surface area contributed by atoms with Crippen molar-refractivity contribution in [3.05, 3.63) is 70.8 Å². The summed E-state index contributed by atoms with van der Waals surface area (Å²) >= 11 is 0. The number of nitrogens with zero attached hydrogens (tertiary/aromatic N) is 1. The van der Waals surface area contributed by atoms with Crippen LogP contribution >= 0.6 is 0 Å². The summed E-state index contributed by atoms with van der Waals surface area (Å²) in [6.07, 6.45) is 0.162. The van der Waals surface area contributed by atoms with Crippen molar-refractivity contribution in [1.29, 1.82) is 0 Å². The van der Waals surface area contributed by atoms with E-state index in [1.54, 1.807) is 24.3 Å². The Morgan fingerprint density at radius 3 is 1.93 bits per heavy atom. The minimum atomic E-state index is -0.323. The number of carbonyl (C=O) groups excluding carboxylic acids is 3. The monoisotopic (exact) mass is 367 g/mol. The number of nitrogens with two attached hydrogens (primary N) is 1. The third kappa shape index (κ3) is 6.04. The van der Waals surface area contributed by atoms with Gasteiger partial charge in [-0.05, 0) is 26.0 Å². The molecule has 0 aliphatic heterocycles. The number of ketones is 1. The number of benzene rings is 2. The van der Waals surface area contributed by atoms with Crippen LogP contribution in [0, 0.1) is 13.8 Å². The number of hydrogen-bond donors (Lipinski definition) is 2. The highest BCUT2D eigenvalue weighted by molar-refractivity contribution is 5.96. The van der Waals surface area contributed by atoms with Crippen LogP contribution in [-0.4, -0.2) is 42.3 Å². The molecule has 142 valence electrons. The number of amides is 2. The molecule has 0 atom stereocenters. The highest BCUT2D eigenvalue weighted by Crippen LogP contribution is 2.07. The lowest BCUT2D eigenvalue weighted by Gasteiger charge is -2.22. The zero-order valence-corrected chi connectivity index (χ0v) is 15.7. The van der Waals surface area contributed by atoms with Gasteiger partial charge in [0.15, 0.2) is 5.78 Å². The number of aryl methyl sites for hydroxylation is 2. The van der Waals surface area contributed by atoms with Gasteiger partial charge in [-0.3, -0.25) is 14.4 Å². The van der Waals surface area contributed by atoms with Crippen LogP contribution in [0.25, 0.3) is 0 Å². The van der Waals surface area contributed by atoms with Crippen LogP contribution in [0.2, 0.25) is 0 Å². The molecular formula is C21H25N3O3. The Balaban J connectivity index is 1.93. The lowest BCUT2D eigenvalue weighted by atomic mass is 10.1. The highest BCUT2D eigenvalue weighted by atomic mass is 16.2. The van der Waals surface area contributed by atoms with Crippen LogP contribution in [0.15, 0.2) is 48.5 Å². The topological polar surface area (TPSA) is 92.5 Å². The molecule has 0 aliphatic carbocycles. The van der Waals surface area contributed by atoms with Crippen molar-refractivity contribution in [3.8, 4) is 0 Å². The summed E-state index contributed by atoms with van der Waals surface area (Å²) in [4.78, 5) is 37.9. The second-order valence-corrected chi connectivity index (χ2v) is 6.43. The van der Waals surface area contributed by atoms with Gasteiger partial charge >= 0.3 is 0 Å². The fraction of sp³-hybridized carbons (Fsp3) is 0.286. The fourth-order valence-electron chi connectivity index (χ4n) is 2.52. The molecule has 3 N–H and O–H groups in total. The summed E-state index contributed by atoms with van der Waals surface area (Å²) < 4.78 is 0. The van der Waals surface area contributed by atoms with E-state index in [1.165, 1.54) is 4.90 Å². The molecule has 2 amide bonds. The zero-order valence-electron chi connectivity index (χ0n) is 15.7. The van der Waals surface area contributed by atoms with E-state index in [0.717, 1.165) is 11.1 Å².